The summed E-state index contributed by atoms with van der Waals surface area (Å²) in [7, 11) is 0. The highest BCUT2D eigenvalue weighted by atomic mass is 32.2. The van der Waals surface area contributed by atoms with Crippen molar-refractivity contribution >= 4 is 33.9 Å². The van der Waals surface area contributed by atoms with Gasteiger partial charge in [0.2, 0.25) is 0 Å². The first-order valence-electron chi connectivity index (χ1n) is 9.10. The zero-order valence-corrected chi connectivity index (χ0v) is 15.0. The summed E-state index contributed by atoms with van der Waals surface area (Å²) >= 11 is 2.03. The van der Waals surface area contributed by atoms with Crippen molar-refractivity contribution in [2.45, 2.75) is 22.6 Å². The normalized spacial score (nSPS) is 20.5. The third-order valence-corrected chi connectivity index (χ3v) is 6.90. The van der Waals surface area contributed by atoms with Crippen LogP contribution in [0.4, 0.5) is 0 Å². The summed E-state index contributed by atoms with van der Waals surface area (Å²) in [5.74, 6) is 0.408. The van der Waals surface area contributed by atoms with Gasteiger partial charge in [-0.3, -0.25) is 0 Å². The van der Waals surface area contributed by atoms with Gasteiger partial charge in [-0.2, -0.15) is 0 Å². The molecule has 2 aromatic carbocycles. The van der Waals surface area contributed by atoms with Gasteiger partial charge in [-0.1, -0.05) is 66.4 Å². The van der Waals surface area contributed by atoms with Gasteiger partial charge in [0.1, 0.15) is 0 Å². The van der Waals surface area contributed by atoms with Gasteiger partial charge in [-0.05, 0) is 41.9 Å². The van der Waals surface area contributed by atoms with Crippen molar-refractivity contribution in [2.75, 3.05) is 0 Å². The van der Waals surface area contributed by atoms with Crippen LogP contribution in [0.25, 0.3) is 22.2 Å². The Bertz CT molecular complexity index is 1160. The van der Waals surface area contributed by atoms with Crippen molar-refractivity contribution in [1.29, 1.82) is 0 Å². The lowest BCUT2D eigenvalue weighted by Gasteiger charge is -2.18. The molecule has 1 aromatic heterocycles. The van der Waals surface area contributed by atoms with Crippen LogP contribution in [0.15, 0.2) is 89.7 Å². The minimum atomic E-state index is 0.408. The summed E-state index contributed by atoms with van der Waals surface area (Å²) in [6.45, 7) is 0. The van der Waals surface area contributed by atoms with E-state index >= 15 is 0 Å². The molecule has 124 valence electrons. The molecule has 26 heavy (non-hydrogen) atoms. The number of aromatic nitrogens is 1. The third-order valence-electron chi connectivity index (χ3n) is 5.56. The SMILES string of the molecule is C1=CC(c2c3n(c4ccccc24)C2=CC(c4ccccc4)=CCC2S3)C=1. The number of fused-ring (bicyclic) bond motifs is 5. The maximum absolute atomic E-state index is 3.20. The molecule has 1 unspecified atom stereocenters. The molecule has 0 amide bonds. The van der Waals surface area contributed by atoms with E-state index < -0.39 is 0 Å². The highest BCUT2D eigenvalue weighted by Gasteiger charge is 2.35. The maximum Gasteiger partial charge on any atom is 0.0852 e. The molecule has 2 heterocycles. The Hall–Kier alpha value is -2.67. The summed E-state index contributed by atoms with van der Waals surface area (Å²) in [6, 6.07) is 19.6. The van der Waals surface area contributed by atoms with E-state index in [-0.39, 0.29) is 0 Å². The minimum Gasteiger partial charge on any atom is -0.307 e. The summed E-state index contributed by atoms with van der Waals surface area (Å²) < 4.78 is 2.51. The molecule has 0 saturated heterocycles. The Labute approximate surface area is 157 Å². The number of rotatable bonds is 2. The van der Waals surface area contributed by atoms with Crippen LogP contribution in [-0.2, 0) is 0 Å². The average molecular weight is 351 g/mol. The second-order valence-electron chi connectivity index (χ2n) is 7.03. The van der Waals surface area contributed by atoms with Crippen LogP contribution >= 0.6 is 11.8 Å². The molecule has 6 rings (SSSR count). The first-order valence-corrected chi connectivity index (χ1v) is 9.98. The molecule has 0 saturated carbocycles. The smallest absolute Gasteiger partial charge is 0.0852 e. The van der Waals surface area contributed by atoms with Gasteiger partial charge < -0.3 is 4.57 Å². The predicted molar refractivity (Wildman–Crippen MR) is 110 cm³/mol. The average Bonchev–Trinajstić information content (AvgIpc) is 3.17. The summed E-state index contributed by atoms with van der Waals surface area (Å²) in [5.41, 5.74) is 10.1. The van der Waals surface area contributed by atoms with E-state index in [4.69, 9.17) is 0 Å². The number of para-hydroxylation sites is 1. The van der Waals surface area contributed by atoms with Crippen LogP contribution < -0.4 is 0 Å². The van der Waals surface area contributed by atoms with E-state index in [0.29, 0.717) is 11.2 Å². The van der Waals surface area contributed by atoms with Gasteiger partial charge in [-0.15, -0.1) is 5.73 Å². The standard InChI is InChI=1S/C24H17NS/c1-2-7-16(8-3-1)18-13-14-22-21(15-18)25-20-12-5-4-11-19(20)23(24(25)26-22)17-9-6-10-17/h1-5,7-13,15,17,22H,14H2. The number of thioether (sulfide) groups is 1. The Morgan fingerprint density at radius 1 is 0.962 bits per heavy atom. The van der Waals surface area contributed by atoms with Gasteiger partial charge in [-0.25, -0.2) is 0 Å². The summed E-state index contributed by atoms with van der Waals surface area (Å²) in [4.78, 5) is 0. The van der Waals surface area contributed by atoms with Crippen molar-refractivity contribution in [1.82, 2.24) is 4.57 Å². The van der Waals surface area contributed by atoms with Crippen molar-refractivity contribution in [2.24, 2.45) is 0 Å². The van der Waals surface area contributed by atoms with E-state index in [1.165, 1.54) is 38.3 Å². The van der Waals surface area contributed by atoms with Gasteiger partial charge in [0.15, 0.2) is 0 Å². The highest BCUT2D eigenvalue weighted by molar-refractivity contribution is 8.00. The molecule has 0 spiro atoms. The maximum atomic E-state index is 3.20. The molecule has 3 aromatic rings. The van der Waals surface area contributed by atoms with Crippen molar-refractivity contribution < 1.29 is 0 Å². The molecule has 1 aliphatic heterocycles. The Kier molecular flexibility index (Phi) is 3.02. The van der Waals surface area contributed by atoms with Gasteiger partial charge in [0.05, 0.1) is 15.8 Å². The fourth-order valence-electron chi connectivity index (χ4n) is 4.24. The van der Waals surface area contributed by atoms with E-state index in [1.807, 2.05) is 11.8 Å². The number of nitrogens with zero attached hydrogens (tertiary/aromatic N) is 1. The van der Waals surface area contributed by atoms with Crippen LogP contribution in [0.2, 0.25) is 0 Å². The monoisotopic (exact) mass is 351 g/mol. The van der Waals surface area contributed by atoms with Crippen LogP contribution in [-0.4, -0.2) is 9.82 Å². The minimum absolute atomic E-state index is 0.408. The molecular weight excluding hydrogens is 334 g/mol. The summed E-state index contributed by atoms with van der Waals surface area (Å²) in [5, 5.41) is 3.32. The second kappa shape index (κ2) is 5.41. The highest BCUT2D eigenvalue weighted by Crippen LogP contribution is 2.52. The van der Waals surface area contributed by atoms with Gasteiger partial charge in [0.25, 0.3) is 0 Å². The number of allylic oxidation sites excluding steroid dienone is 4. The quantitative estimate of drug-likeness (QED) is 0.494. The Morgan fingerprint density at radius 2 is 1.77 bits per heavy atom. The van der Waals surface area contributed by atoms with E-state index in [9.17, 15) is 0 Å². The Balaban J connectivity index is 1.56. The van der Waals surface area contributed by atoms with Crippen LogP contribution in [0.3, 0.4) is 0 Å². The lowest BCUT2D eigenvalue weighted by molar-refractivity contribution is 0.928. The van der Waals surface area contributed by atoms with Crippen molar-refractivity contribution in [3.05, 3.63) is 95.8 Å². The van der Waals surface area contributed by atoms with Crippen molar-refractivity contribution in [3.63, 3.8) is 0 Å². The molecule has 0 N–H and O–H groups in total. The van der Waals surface area contributed by atoms with E-state index in [1.54, 1.807) is 0 Å². The first kappa shape index (κ1) is 14.5. The molecule has 0 fully saturated rings. The number of hydrogen-bond donors (Lipinski definition) is 0. The topological polar surface area (TPSA) is 4.93 Å². The lowest BCUT2D eigenvalue weighted by atomic mass is 9.94. The lowest BCUT2D eigenvalue weighted by Crippen LogP contribution is -2.07. The zero-order chi connectivity index (χ0) is 17.1. The van der Waals surface area contributed by atoms with Crippen LogP contribution in [0.5, 0.6) is 0 Å². The molecule has 0 bridgehead atoms. The molecule has 2 heteroatoms. The fourth-order valence-corrected chi connectivity index (χ4v) is 5.68. The van der Waals surface area contributed by atoms with Crippen molar-refractivity contribution in [3.8, 4) is 0 Å². The predicted octanol–water partition coefficient (Wildman–Crippen LogP) is 6.25. The molecule has 1 atom stereocenters. The largest absolute Gasteiger partial charge is 0.307 e. The van der Waals surface area contributed by atoms with Crippen LogP contribution in [0, 0.1) is 0 Å². The van der Waals surface area contributed by atoms with Crippen LogP contribution in [0.1, 0.15) is 23.5 Å². The number of benzene rings is 2. The van der Waals surface area contributed by atoms with Gasteiger partial charge in [0, 0.05) is 22.6 Å². The summed E-state index contributed by atoms with van der Waals surface area (Å²) in [6.07, 6.45) is 10.3. The molecule has 0 radical (unpaired) electrons. The first-order chi connectivity index (χ1) is 12.9. The number of hydrogen-bond acceptors (Lipinski definition) is 1. The van der Waals surface area contributed by atoms with Gasteiger partial charge >= 0.3 is 0 Å². The second-order valence-corrected chi connectivity index (χ2v) is 8.23. The molecule has 2 aliphatic carbocycles. The third kappa shape index (κ3) is 1.94. The fraction of sp³-hybridized carbons (Fsp3) is 0.125. The van der Waals surface area contributed by atoms with E-state index in [2.05, 4.69) is 89.2 Å². The molecule has 1 nitrogen and oxygen atoms in total. The van der Waals surface area contributed by atoms with E-state index in [0.717, 1.165) is 6.42 Å². The molecular formula is C24H17NS. The molecule has 3 aliphatic rings. The Morgan fingerprint density at radius 3 is 2.58 bits per heavy atom. The zero-order valence-electron chi connectivity index (χ0n) is 14.2.